The topological polar surface area (TPSA) is 184 Å². The summed E-state index contributed by atoms with van der Waals surface area (Å²) in [4.78, 5) is 44.4. The summed E-state index contributed by atoms with van der Waals surface area (Å²) >= 11 is 0. The first-order valence-corrected chi connectivity index (χ1v) is 6.79. The SMILES string of the molecule is NCCNOC(=O)CC(=O)C(NCCN)C(=O)ONCCN. The molecular formula is C11H24N6O5. The number of rotatable bonds is 13. The molecule has 0 fully saturated rings. The van der Waals surface area contributed by atoms with Gasteiger partial charge in [0.2, 0.25) is 0 Å². The van der Waals surface area contributed by atoms with Gasteiger partial charge in [-0.3, -0.25) is 10.1 Å². The Morgan fingerprint density at radius 2 is 1.41 bits per heavy atom. The molecule has 11 nitrogen and oxygen atoms in total. The van der Waals surface area contributed by atoms with Crippen LogP contribution in [0.4, 0.5) is 0 Å². The van der Waals surface area contributed by atoms with E-state index in [9.17, 15) is 14.4 Å². The van der Waals surface area contributed by atoms with Crippen molar-refractivity contribution < 1.29 is 24.1 Å². The average molecular weight is 320 g/mol. The molecular weight excluding hydrogens is 296 g/mol. The van der Waals surface area contributed by atoms with E-state index in [4.69, 9.17) is 17.2 Å². The highest BCUT2D eigenvalue weighted by atomic mass is 16.7. The molecule has 0 spiro atoms. The lowest BCUT2D eigenvalue weighted by atomic mass is 10.1. The van der Waals surface area contributed by atoms with Crippen LogP contribution in [0, 0.1) is 0 Å². The summed E-state index contributed by atoms with van der Waals surface area (Å²) < 4.78 is 0. The molecule has 0 rings (SSSR count). The highest BCUT2D eigenvalue weighted by molar-refractivity contribution is 6.09. The van der Waals surface area contributed by atoms with Gasteiger partial charge in [-0.05, 0) is 0 Å². The molecule has 0 radical (unpaired) electrons. The second-order valence-corrected chi connectivity index (χ2v) is 4.08. The number of carbonyl (C=O) groups excluding carboxylic acids is 3. The molecule has 0 aliphatic heterocycles. The predicted molar refractivity (Wildman–Crippen MR) is 76.8 cm³/mol. The van der Waals surface area contributed by atoms with E-state index >= 15 is 0 Å². The van der Waals surface area contributed by atoms with E-state index in [1.165, 1.54) is 0 Å². The van der Waals surface area contributed by atoms with Crippen LogP contribution in [0.15, 0.2) is 0 Å². The van der Waals surface area contributed by atoms with Gasteiger partial charge >= 0.3 is 11.9 Å². The summed E-state index contributed by atoms with van der Waals surface area (Å²) in [7, 11) is 0. The lowest BCUT2D eigenvalue weighted by Gasteiger charge is -2.15. The van der Waals surface area contributed by atoms with Crippen LogP contribution in [0.25, 0.3) is 0 Å². The lowest BCUT2D eigenvalue weighted by Crippen LogP contribution is -2.48. The number of nitrogens with two attached hydrogens (primary N) is 3. The summed E-state index contributed by atoms with van der Waals surface area (Å²) in [5.41, 5.74) is 20.3. The quantitative estimate of drug-likeness (QED) is 0.110. The second-order valence-electron chi connectivity index (χ2n) is 4.08. The zero-order valence-electron chi connectivity index (χ0n) is 12.3. The van der Waals surface area contributed by atoms with E-state index < -0.39 is 30.2 Å². The van der Waals surface area contributed by atoms with Crippen molar-refractivity contribution in [1.82, 2.24) is 16.3 Å². The third kappa shape index (κ3) is 9.33. The van der Waals surface area contributed by atoms with Crippen LogP contribution in [-0.4, -0.2) is 63.0 Å². The van der Waals surface area contributed by atoms with E-state index in [0.29, 0.717) is 0 Å². The van der Waals surface area contributed by atoms with E-state index in [0.717, 1.165) is 0 Å². The first-order valence-electron chi connectivity index (χ1n) is 6.79. The second kappa shape index (κ2) is 13.1. The van der Waals surface area contributed by atoms with Gasteiger partial charge in [0.25, 0.3) is 0 Å². The fourth-order valence-electron chi connectivity index (χ4n) is 1.27. The minimum absolute atomic E-state index is 0.197. The molecule has 0 aromatic rings. The van der Waals surface area contributed by atoms with E-state index in [1.807, 2.05) is 0 Å². The molecule has 11 heteroatoms. The van der Waals surface area contributed by atoms with Crippen molar-refractivity contribution in [2.24, 2.45) is 17.2 Å². The first-order chi connectivity index (χ1) is 10.6. The van der Waals surface area contributed by atoms with Crippen molar-refractivity contribution >= 4 is 17.7 Å². The third-order valence-corrected chi connectivity index (χ3v) is 2.22. The van der Waals surface area contributed by atoms with Gasteiger partial charge < -0.3 is 26.9 Å². The van der Waals surface area contributed by atoms with Crippen LogP contribution >= 0.6 is 0 Å². The number of hydroxylamine groups is 2. The van der Waals surface area contributed by atoms with E-state index in [-0.39, 0.29) is 39.3 Å². The molecule has 0 saturated heterocycles. The standard InChI is InChI=1S/C11H24N6O5/c12-1-4-15-10(11(20)22-17-6-3-14)8(18)7-9(19)21-16-5-2-13/h10,15-17H,1-7,12-14H2. The Bertz CT molecular complexity index is 354. The van der Waals surface area contributed by atoms with Gasteiger partial charge in [-0.15, -0.1) is 0 Å². The molecule has 0 aliphatic carbocycles. The average Bonchev–Trinajstić information content (AvgIpc) is 2.48. The number of ketones is 1. The highest BCUT2D eigenvalue weighted by Crippen LogP contribution is 1.97. The monoisotopic (exact) mass is 320 g/mol. The van der Waals surface area contributed by atoms with Crippen LogP contribution in [0.1, 0.15) is 6.42 Å². The molecule has 0 aromatic carbocycles. The van der Waals surface area contributed by atoms with Gasteiger partial charge in [-0.1, -0.05) is 0 Å². The molecule has 0 saturated carbocycles. The van der Waals surface area contributed by atoms with Gasteiger partial charge in [0, 0.05) is 39.3 Å². The summed E-state index contributed by atoms with van der Waals surface area (Å²) in [6, 6.07) is -1.32. The fourth-order valence-corrected chi connectivity index (χ4v) is 1.27. The van der Waals surface area contributed by atoms with Gasteiger partial charge in [0.15, 0.2) is 11.8 Å². The van der Waals surface area contributed by atoms with Crippen LogP contribution in [0.5, 0.6) is 0 Å². The Morgan fingerprint density at radius 1 is 0.864 bits per heavy atom. The zero-order chi connectivity index (χ0) is 16.8. The summed E-state index contributed by atoms with van der Waals surface area (Å²) in [5, 5.41) is 2.60. The van der Waals surface area contributed by atoms with Gasteiger partial charge in [0.1, 0.15) is 6.42 Å². The van der Waals surface area contributed by atoms with Crippen LogP contribution in [-0.2, 0) is 24.1 Å². The maximum absolute atomic E-state index is 12.0. The van der Waals surface area contributed by atoms with E-state index in [1.54, 1.807) is 0 Å². The van der Waals surface area contributed by atoms with Crippen molar-refractivity contribution in [1.29, 1.82) is 0 Å². The minimum atomic E-state index is -1.32. The first kappa shape index (κ1) is 20.4. The lowest BCUT2D eigenvalue weighted by molar-refractivity contribution is -0.158. The van der Waals surface area contributed by atoms with Gasteiger partial charge in [-0.2, -0.15) is 11.0 Å². The smallest absolute Gasteiger partial charge is 0.349 e. The highest BCUT2D eigenvalue weighted by Gasteiger charge is 2.29. The number of Topliss-reactive ketones (excluding diaryl/α,β-unsaturated/α-hetero) is 1. The number of hydrogen-bond donors (Lipinski definition) is 6. The Balaban J connectivity index is 4.42. The van der Waals surface area contributed by atoms with Crippen LogP contribution < -0.4 is 33.5 Å². The molecule has 0 amide bonds. The molecule has 9 N–H and O–H groups in total. The summed E-state index contributed by atoms with van der Waals surface area (Å²) in [5.74, 6) is -2.41. The Labute approximate surface area is 128 Å². The molecule has 0 aliphatic rings. The van der Waals surface area contributed by atoms with Crippen LogP contribution in [0.2, 0.25) is 0 Å². The number of nitrogens with one attached hydrogen (secondary N) is 3. The Morgan fingerprint density at radius 3 is 1.95 bits per heavy atom. The van der Waals surface area contributed by atoms with E-state index in [2.05, 4.69) is 26.0 Å². The molecule has 0 heterocycles. The van der Waals surface area contributed by atoms with Crippen molar-refractivity contribution in [3.63, 3.8) is 0 Å². The van der Waals surface area contributed by atoms with Gasteiger partial charge in [0.05, 0.1) is 0 Å². The fraction of sp³-hybridized carbons (Fsp3) is 0.727. The predicted octanol–water partition coefficient (Wildman–Crippen LogP) is -4.12. The Kier molecular flexibility index (Phi) is 12.1. The number of hydrogen-bond acceptors (Lipinski definition) is 11. The van der Waals surface area contributed by atoms with Crippen molar-refractivity contribution in [3.8, 4) is 0 Å². The minimum Gasteiger partial charge on any atom is -0.370 e. The normalized spacial score (nSPS) is 11.8. The molecule has 1 atom stereocenters. The van der Waals surface area contributed by atoms with Crippen molar-refractivity contribution in [2.45, 2.75) is 12.5 Å². The molecule has 1 unspecified atom stereocenters. The molecule has 0 aromatic heterocycles. The van der Waals surface area contributed by atoms with Crippen molar-refractivity contribution in [3.05, 3.63) is 0 Å². The Hall–Kier alpha value is -1.63. The maximum atomic E-state index is 12.0. The van der Waals surface area contributed by atoms with Gasteiger partial charge in [-0.25, -0.2) is 9.59 Å². The maximum Gasteiger partial charge on any atom is 0.349 e. The molecule has 128 valence electrons. The molecule has 22 heavy (non-hydrogen) atoms. The summed E-state index contributed by atoms with van der Waals surface area (Å²) in [6.07, 6.45) is -0.605. The number of carbonyl (C=O) groups is 3. The van der Waals surface area contributed by atoms with Crippen molar-refractivity contribution in [2.75, 3.05) is 39.3 Å². The van der Waals surface area contributed by atoms with Crippen LogP contribution in [0.3, 0.4) is 0 Å². The zero-order valence-corrected chi connectivity index (χ0v) is 12.3. The molecule has 0 bridgehead atoms. The largest absolute Gasteiger partial charge is 0.370 e. The summed E-state index contributed by atoms with van der Waals surface area (Å²) in [6.45, 7) is 1.40. The third-order valence-electron chi connectivity index (χ3n) is 2.22.